The van der Waals surface area contributed by atoms with Crippen molar-refractivity contribution in [2.24, 2.45) is 0 Å². The number of hydrogen-bond donors (Lipinski definition) is 1. The van der Waals surface area contributed by atoms with E-state index in [1.165, 1.54) is 11.3 Å². The maximum absolute atomic E-state index is 12.3. The molecule has 4 rings (SSSR count). The van der Waals surface area contributed by atoms with Gasteiger partial charge in [0.2, 0.25) is 0 Å². The van der Waals surface area contributed by atoms with Gasteiger partial charge in [-0.15, -0.1) is 11.3 Å². The van der Waals surface area contributed by atoms with Gasteiger partial charge in [0.25, 0.3) is 5.56 Å². The molecule has 0 aromatic carbocycles. The number of piperidine rings is 1. The summed E-state index contributed by atoms with van der Waals surface area (Å²) in [6.07, 6.45) is 2.18. The third kappa shape index (κ3) is 4.21. The monoisotopic (exact) mass is 411 g/mol. The minimum atomic E-state index is -0.0691. The standard InChI is InChI=1S/C22H29N5OS/c1-14(2)27-16(4)18(15(3)25-27)13-26-9-5-7-17(12-26)19-11-21(28)24-22(23-19)20-8-6-10-29-20/h6,8,10-11,14,17H,5,7,9,12-13H2,1-4H3,(H,23,24,28)/t17-/m0/s1. The number of hydrogen-bond acceptors (Lipinski definition) is 5. The van der Waals surface area contributed by atoms with E-state index in [9.17, 15) is 4.79 Å². The number of nitrogens with one attached hydrogen (secondary N) is 1. The Kier molecular flexibility index (Phi) is 5.69. The molecular formula is C22H29N5OS. The number of rotatable bonds is 5. The van der Waals surface area contributed by atoms with Gasteiger partial charge in [-0.25, -0.2) is 4.98 Å². The summed E-state index contributed by atoms with van der Waals surface area (Å²) >= 11 is 1.60. The molecule has 7 heteroatoms. The number of aryl methyl sites for hydroxylation is 1. The maximum atomic E-state index is 12.3. The normalized spacial score (nSPS) is 17.9. The fourth-order valence-electron chi connectivity index (χ4n) is 4.31. The van der Waals surface area contributed by atoms with E-state index in [2.05, 4.69) is 42.3 Å². The number of nitrogens with zero attached hydrogens (tertiary/aromatic N) is 4. The van der Waals surface area contributed by atoms with Gasteiger partial charge in [0.15, 0.2) is 0 Å². The van der Waals surface area contributed by atoms with Crippen LogP contribution < -0.4 is 5.56 Å². The lowest BCUT2D eigenvalue weighted by atomic mass is 9.94. The van der Waals surface area contributed by atoms with Crippen molar-refractivity contribution in [3.8, 4) is 10.7 Å². The molecule has 29 heavy (non-hydrogen) atoms. The molecule has 0 spiro atoms. The molecule has 3 aromatic rings. The fraction of sp³-hybridized carbons (Fsp3) is 0.500. The second-order valence-electron chi connectivity index (χ2n) is 8.26. The molecule has 1 atom stereocenters. The first kappa shape index (κ1) is 20.0. The second kappa shape index (κ2) is 8.24. The predicted molar refractivity (Wildman–Crippen MR) is 118 cm³/mol. The van der Waals surface area contributed by atoms with Crippen molar-refractivity contribution in [3.05, 3.63) is 56.6 Å². The molecule has 0 unspecified atom stereocenters. The molecule has 0 saturated carbocycles. The zero-order valence-electron chi connectivity index (χ0n) is 17.6. The Morgan fingerprint density at radius 1 is 1.34 bits per heavy atom. The number of aromatic nitrogens is 4. The van der Waals surface area contributed by atoms with E-state index in [4.69, 9.17) is 10.1 Å². The molecule has 0 bridgehead atoms. The molecule has 1 N–H and O–H groups in total. The molecule has 3 aromatic heterocycles. The molecular weight excluding hydrogens is 382 g/mol. The first-order valence-corrected chi connectivity index (χ1v) is 11.2. The third-order valence-corrected chi connectivity index (χ3v) is 6.66. The Morgan fingerprint density at radius 2 is 2.17 bits per heavy atom. The summed E-state index contributed by atoms with van der Waals surface area (Å²) in [5.74, 6) is 0.968. The number of thiophene rings is 1. The molecule has 1 aliphatic rings. The predicted octanol–water partition coefficient (Wildman–Crippen LogP) is 4.27. The van der Waals surface area contributed by atoms with Crippen molar-refractivity contribution >= 4 is 11.3 Å². The lowest BCUT2D eigenvalue weighted by Crippen LogP contribution is -2.35. The summed E-state index contributed by atoms with van der Waals surface area (Å²) in [6, 6.07) is 6.03. The van der Waals surface area contributed by atoms with Crippen molar-refractivity contribution in [2.45, 2.75) is 59.0 Å². The van der Waals surface area contributed by atoms with Gasteiger partial charge in [-0.05, 0) is 58.5 Å². The zero-order valence-corrected chi connectivity index (χ0v) is 18.4. The van der Waals surface area contributed by atoms with Crippen molar-refractivity contribution < 1.29 is 0 Å². The maximum Gasteiger partial charge on any atom is 0.251 e. The lowest BCUT2D eigenvalue weighted by Gasteiger charge is -2.32. The van der Waals surface area contributed by atoms with Gasteiger partial charge in [0, 0.05) is 42.4 Å². The van der Waals surface area contributed by atoms with Gasteiger partial charge < -0.3 is 4.98 Å². The van der Waals surface area contributed by atoms with Crippen LogP contribution in [-0.4, -0.2) is 37.7 Å². The van der Waals surface area contributed by atoms with Crippen molar-refractivity contribution in [1.82, 2.24) is 24.6 Å². The van der Waals surface area contributed by atoms with Crippen LogP contribution in [-0.2, 0) is 6.54 Å². The van der Waals surface area contributed by atoms with Crippen LogP contribution in [0, 0.1) is 13.8 Å². The van der Waals surface area contributed by atoms with E-state index in [-0.39, 0.29) is 11.5 Å². The van der Waals surface area contributed by atoms with Crippen molar-refractivity contribution in [3.63, 3.8) is 0 Å². The molecule has 1 fully saturated rings. The van der Waals surface area contributed by atoms with Crippen LogP contribution in [0.3, 0.4) is 0 Å². The molecule has 0 aliphatic carbocycles. The summed E-state index contributed by atoms with van der Waals surface area (Å²) in [5.41, 5.74) is 4.55. The average molecular weight is 412 g/mol. The van der Waals surface area contributed by atoms with Gasteiger partial charge in [-0.2, -0.15) is 5.10 Å². The zero-order chi connectivity index (χ0) is 20.5. The van der Waals surface area contributed by atoms with Crippen LogP contribution in [0.15, 0.2) is 28.4 Å². The highest BCUT2D eigenvalue weighted by Crippen LogP contribution is 2.29. The minimum Gasteiger partial charge on any atom is -0.306 e. The van der Waals surface area contributed by atoms with Crippen LogP contribution >= 0.6 is 11.3 Å². The number of H-pyrrole nitrogens is 1. The van der Waals surface area contributed by atoms with Gasteiger partial charge in [-0.3, -0.25) is 14.4 Å². The SMILES string of the molecule is Cc1nn(C(C)C)c(C)c1CN1CCC[C@H](c2cc(=O)[nH]c(-c3cccs3)n2)C1. The van der Waals surface area contributed by atoms with Crippen molar-refractivity contribution in [1.29, 1.82) is 0 Å². The fourth-order valence-corrected chi connectivity index (χ4v) is 4.98. The van der Waals surface area contributed by atoms with E-state index in [0.29, 0.717) is 11.9 Å². The molecule has 154 valence electrons. The largest absolute Gasteiger partial charge is 0.306 e. The van der Waals surface area contributed by atoms with Gasteiger partial charge in [0.1, 0.15) is 5.82 Å². The Bertz CT molecular complexity index is 1030. The third-order valence-electron chi connectivity index (χ3n) is 5.79. The molecule has 0 amide bonds. The van der Waals surface area contributed by atoms with E-state index in [0.717, 1.165) is 48.7 Å². The van der Waals surface area contributed by atoms with Gasteiger partial charge in [0.05, 0.1) is 16.3 Å². The molecule has 1 aliphatic heterocycles. The van der Waals surface area contributed by atoms with Gasteiger partial charge in [-0.1, -0.05) is 6.07 Å². The number of likely N-dealkylation sites (tertiary alicyclic amines) is 1. The average Bonchev–Trinajstić information content (AvgIpc) is 3.32. The minimum absolute atomic E-state index is 0.0691. The van der Waals surface area contributed by atoms with Crippen LogP contribution in [0.4, 0.5) is 0 Å². The smallest absolute Gasteiger partial charge is 0.251 e. The highest BCUT2D eigenvalue weighted by Gasteiger charge is 2.25. The summed E-state index contributed by atoms with van der Waals surface area (Å²) in [7, 11) is 0. The highest BCUT2D eigenvalue weighted by molar-refractivity contribution is 7.13. The lowest BCUT2D eigenvalue weighted by molar-refractivity contribution is 0.197. The first-order valence-electron chi connectivity index (χ1n) is 10.3. The highest BCUT2D eigenvalue weighted by atomic mass is 32.1. The Morgan fingerprint density at radius 3 is 2.86 bits per heavy atom. The van der Waals surface area contributed by atoms with E-state index < -0.39 is 0 Å². The Labute approximate surface area is 175 Å². The van der Waals surface area contributed by atoms with Crippen LogP contribution in [0.25, 0.3) is 10.7 Å². The molecule has 1 saturated heterocycles. The van der Waals surface area contributed by atoms with Crippen LogP contribution in [0.2, 0.25) is 0 Å². The van der Waals surface area contributed by atoms with E-state index >= 15 is 0 Å². The first-order chi connectivity index (χ1) is 13.9. The molecule has 4 heterocycles. The number of aromatic amines is 1. The van der Waals surface area contributed by atoms with Crippen LogP contribution in [0.1, 0.15) is 61.3 Å². The summed E-state index contributed by atoms with van der Waals surface area (Å²) < 4.78 is 2.12. The quantitative estimate of drug-likeness (QED) is 0.681. The van der Waals surface area contributed by atoms with E-state index in [1.54, 1.807) is 17.4 Å². The second-order valence-corrected chi connectivity index (χ2v) is 9.21. The van der Waals surface area contributed by atoms with E-state index in [1.807, 2.05) is 17.5 Å². The van der Waals surface area contributed by atoms with Gasteiger partial charge >= 0.3 is 0 Å². The molecule has 0 radical (unpaired) electrons. The van der Waals surface area contributed by atoms with Crippen LogP contribution in [0.5, 0.6) is 0 Å². The molecule has 6 nitrogen and oxygen atoms in total. The Hall–Kier alpha value is -2.25. The Balaban J connectivity index is 1.55. The summed E-state index contributed by atoms with van der Waals surface area (Å²) in [4.78, 5) is 23.5. The summed E-state index contributed by atoms with van der Waals surface area (Å²) in [5, 5.41) is 6.74. The van der Waals surface area contributed by atoms with Crippen molar-refractivity contribution in [2.75, 3.05) is 13.1 Å². The topological polar surface area (TPSA) is 66.8 Å². The summed E-state index contributed by atoms with van der Waals surface area (Å²) in [6.45, 7) is 11.5.